The minimum atomic E-state index is -4.44. The number of carbonyl (C=O) groups is 1. The summed E-state index contributed by atoms with van der Waals surface area (Å²) in [6.07, 6.45) is -2.58. The summed E-state index contributed by atoms with van der Waals surface area (Å²) in [5.41, 5.74) is 0.261. The number of benzene rings is 1. The van der Waals surface area contributed by atoms with Crippen molar-refractivity contribution in [1.82, 2.24) is 24.3 Å². The Morgan fingerprint density at radius 3 is 2.71 bits per heavy atom. The monoisotopic (exact) mass is 479 g/mol. The molecule has 12 heteroatoms. The van der Waals surface area contributed by atoms with Gasteiger partial charge in [-0.05, 0) is 39.8 Å². The highest BCUT2D eigenvalue weighted by molar-refractivity contribution is 5.75. The number of hydrogen-bond acceptors (Lipinski definition) is 7. The lowest BCUT2D eigenvalue weighted by Gasteiger charge is -2.22. The van der Waals surface area contributed by atoms with Crippen LogP contribution in [0.3, 0.4) is 0 Å². The van der Waals surface area contributed by atoms with E-state index in [4.69, 9.17) is 14.2 Å². The Labute approximate surface area is 193 Å². The van der Waals surface area contributed by atoms with Crippen LogP contribution in [0.1, 0.15) is 27.7 Å². The van der Waals surface area contributed by atoms with E-state index < -0.39 is 30.4 Å². The number of ether oxygens (including phenoxy) is 3. The maximum atomic E-state index is 12.9. The predicted molar refractivity (Wildman–Crippen MR) is 114 cm³/mol. The second kappa shape index (κ2) is 8.65. The number of carbonyl (C=O) groups excluding carboxylic acids is 1. The van der Waals surface area contributed by atoms with Gasteiger partial charge in [-0.3, -0.25) is 0 Å². The third-order valence-electron chi connectivity index (χ3n) is 4.79. The first-order valence-electron chi connectivity index (χ1n) is 10.6. The lowest BCUT2D eigenvalue weighted by molar-refractivity contribution is -0.162. The fourth-order valence-electron chi connectivity index (χ4n) is 3.43. The van der Waals surface area contributed by atoms with Crippen molar-refractivity contribution in [2.75, 3.05) is 6.61 Å². The highest BCUT2D eigenvalue weighted by atomic mass is 19.4. The molecule has 1 aliphatic rings. The zero-order valence-electron chi connectivity index (χ0n) is 19.1. The van der Waals surface area contributed by atoms with E-state index in [-0.39, 0.29) is 11.5 Å². The normalized spacial score (nSPS) is 14.4. The zero-order valence-corrected chi connectivity index (χ0v) is 19.1. The highest BCUT2D eigenvalue weighted by Gasteiger charge is 2.31. The molecule has 34 heavy (non-hydrogen) atoms. The largest absolute Gasteiger partial charge is 0.491 e. The van der Waals surface area contributed by atoms with Crippen LogP contribution in [0.4, 0.5) is 13.2 Å². The highest BCUT2D eigenvalue weighted by Crippen LogP contribution is 2.36. The van der Waals surface area contributed by atoms with Crippen LogP contribution in [0.25, 0.3) is 22.9 Å². The average molecular weight is 479 g/mol. The summed E-state index contributed by atoms with van der Waals surface area (Å²) in [5.74, 6) is 0.914. The molecule has 0 fully saturated rings. The molecule has 0 saturated heterocycles. The van der Waals surface area contributed by atoms with Gasteiger partial charge in [0.15, 0.2) is 11.9 Å². The number of aromatic nitrogens is 5. The molecule has 0 N–H and O–H groups in total. The number of fused-ring (bicyclic) bond motifs is 3. The summed E-state index contributed by atoms with van der Waals surface area (Å²) in [7, 11) is 0. The second-order valence-electron chi connectivity index (χ2n) is 8.80. The molecule has 0 aliphatic carbocycles. The summed E-state index contributed by atoms with van der Waals surface area (Å²) in [4.78, 5) is 20.7. The van der Waals surface area contributed by atoms with Crippen LogP contribution in [0.2, 0.25) is 0 Å². The maximum absolute atomic E-state index is 12.9. The van der Waals surface area contributed by atoms with E-state index >= 15 is 0 Å². The minimum Gasteiger partial charge on any atom is -0.491 e. The molecule has 0 saturated carbocycles. The summed E-state index contributed by atoms with van der Waals surface area (Å²) < 4.78 is 58.1. The molecule has 182 valence electrons. The van der Waals surface area contributed by atoms with Crippen molar-refractivity contribution in [2.45, 2.75) is 58.7 Å². The third-order valence-corrected chi connectivity index (χ3v) is 4.79. The molecule has 3 heterocycles. The van der Waals surface area contributed by atoms with Gasteiger partial charge in [-0.15, -0.1) is 0 Å². The first-order valence-corrected chi connectivity index (χ1v) is 10.6. The lowest BCUT2D eigenvalue weighted by atomic mass is 10.1. The fraction of sp³-hybridized carbons (Fsp3) is 0.455. The van der Waals surface area contributed by atoms with Crippen molar-refractivity contribution < 1.29 is 32.2 Å². The smallest absolute Gasteiger partial charge is 0.408 e. The Morgan fingerprint density at radius 1 is 1.24 bits per heavy atom. The van der Waals surface area contributed by atoms with Crippen LogP contribution in [0.15, 0.2) is 30.7 Å². The van der Waals surface area contributed by atoms with E-state index in [9.17, 15) is 18.0 Å². The number of imidazole rings is 1. The van der Waals surface area contributed by atoms with Crippen LogP contribution in [-0.4, -0.2) is 54.8 Å². The molecule has 1 aliphatic heterocycles. The van der Waals surface area contributed by atoms with Gasteiger partial charge in [0.25, 0.3) is 0 Å². The molecule has 1 atom stereocenters. The molecule has 9 nitrogen and oxygen atoms in total. The molecule has 0 amide bonds. The number of halogens is 3. The fourth-order valence-corrected chi connectivity index (χ4v) is 3.43. The van der Waals surface area contributed by atoms with E-state index in [0.717, 1.165) is 11.0 Å². The average Bonchev–Trinajstić information content (AvgIpc) is 3.29. The molecule has 2 aromatic heterocycles. The van der Waals surface area contributed by atoms with Crippen molar-refractivity contribution in [3.63, 3.8) is 0 Å². The number of esters is 1. The number of rotatable bonds is 5. The van der Waals surface area contributed by atoms with Crippen molar-refractivity contribution in [3.8, 4) is 34.4 Å². The molecule has 4 rings (SSSR count). The Bertz CT molecular complexity index is 1200. The number of alkyl halides is 3. The van der Waals surface area contributed by atoms with Crippen LogP contribution in [0, 0.1) is 0 Å². The van der Waals surface area contributed by atoms with Gasteiger partial charge < -0.3 is 18.8 Å². The Kier molecular flexibility index (Phi) is 6.00. The van der Waals surface area contributed by atoms with Gasteiger partial charge in [-0.1, -0.05) is 0 Å². The van der Waals surface area contributed by atoms with Crippen LogP contribution in [-0.2, 0) is 22.6 Å². The van der Waals surface area contributed by atoms with E-state index in [2.05, 4.69) is 15.1 Å². The van der Waals surface area contributed by atoms with Crippen LogP contribution < -0.4 is 9.47 Å². The van der Waals surface area contributed by atoms with E-state index in [1.165, 1.54) is 0 Å². The quantitative estimate of drug-likeness (QED) is 0.513. The van der Waals surface area contributed by atoms with Gasteiger partial charge in [0.2, 0.25) is 0 Å². The summed E-state index contributed by atoms with van der Waals surface area (Å²) in [6.45, 7) is 6.38. The summed E-state index contributed by atoms with van der Waals surface area (Å²) in [6, 6.07) is 5.03. The topological polar surface area (TPSA) is 93.3 Å². The standard InChI is InChI=1S/C22H24F3N5O4/c1-13(20(31)34-21(2,3)4)33-14-5-6-15-17(9-14)32-8-7-29-10-16(28-18(15)29)19-26-12-27-30(19)11-22(23,24)25/h5-6,9-10,12-13H,7-8,11H2,1-4H3/t13-/m0/s1. The van der Waals surface area contributed by atoms with Gasteiger partial charge in [0, 0.05) is 12.3 Å². The Morgan fingerprint density at radius 2 is 2.00 bits per heavy atom. The second-order valence-corrected chi connectivity index (χ2v) is 8.80. The Hall–Kier alpha value is -3.57. The minimum absolute atomic E-state index is 0.0199. The molecular formula is C22H24F3N5O4. The molecular weight excluding hydrogens is 455 g/mol. The van der Waals surface area contributed by atoms with Gasteiger partial charge in [0.1, 0.15) is 48.1 Å². The van der Waals surface area contributed by atoms with Gasteiger partial charge in [-0.2, -0.15) is 18.3 Å². The summed E-state index contributed by atoms with van der Waals surface area (Å²) >= 11 is 0. The molecule has 0 bridgehead atoms. The molecule has 3 aromatic rings. The predicted octanol–water partition coefficient (Wildman–Crippen LogP) is 3.87. The van der Waals surface area contributed by atoms with Gasteiger partial charge in [0.05, 0.1) is 12.1 Å². The van der Waals surface area contributed by atoms with Crippen molar-refractivity contribution in [1.29, 1.82) is 0 Å². The zero-order chi connectivity index (χ0) is 24.7. The Balaban J connectivity index is 1.60. The van der Waals surface area contributed by atoms with Crippen molar-refractivity contribution in [3.05, 3.63) is 30.7 Å². The molecule has 0 unspecified atom stereocenters. The first-order chi connectivity index (χ1) is 15.9. The molecule has 1 aromatic carbocycles. The van der Waals surface area contributed by atoms with Crippen LogP contribution in [0.5, 0.6) is 11.5 Å². The third kappa shape index (κ3) is 5.32. The lowest BCUT2D eigenvalue weighted by Crippen LogP contribution is -2.33. The van der Waals surface area contributed by atoms with Gasteiger partial charge >= 0.3 is 12.1 Å². The maximum Gasteiger partial charge on any atom is 0.408 e. The van der Waals surface area contributed by atoms with Crippen molar-refractivity contribution >= 4 is 5.97 Å². The van der Waals surface area contributed by atoms with Crippen LogP contribution >= 0.6 is 0 Å². The first kappa shape index (κ1) is 23.6. The van der Waals surface area contributed by atoms with E-state index in [0.29, 0.717) is 36.0 Å². The SMILES string of the molecule is C[C@H](Oc1ccc2c(c1)OCCn1cc(-c3ncnn3CC(F)(F)F)nc1-2)C(=O)OC(C)(C)C. The van der Waals surface area contributed by atoms with Gasteiger partial charge in [-0.25, -0.2) is 19.4 Å². The van der Waals surface area contributed by atoms with E-state index in [1.54, 1.807) is 56.7 Å². The number of nitrogens with zero attached hydrogens (tertiary/aromatic N) is 5. The van der Waals surface area contributed by atoms with E-state index in [1.807, 2.05) is 0 Å². The number of hydrogen-bond donors (Lipinski definition) is 0. The molecule has 0 spiro atoms. The van der Waals surface area contributed by atoms with Crippen molar-refractivity contribution in [2.24, 2.45) is 0 Å². The molecule has 0 radical (unpaired) electrons. The summed E-state index contributed by atoms with van der Waals surface area (Å²) in [5, 5.41) is 3.68.